The van der Waals surface area contributed by atoms with Crippen molar-refractivity contribution in [2.24, 2.45) is 4.99 Å². The molecule has 4 rings (SSSR count). The molecule has 3 atom stereocenters. The van der Waals surface area contributed by atoms with E-state index in [2.05, 4.69) is 20.5 Å². The van der Waals surface area contributed by atoms with Crippen LogP contribution >= 0.6 is 0 Å². The largest absolute Gasteiger partial charge is 0.416 e. The molecule has 1 aliphatic rings. The molecule has 8 nitrogen and oxygen atoms in total. The maximum absolute atomic E-state index is 13.5. The van der Waals surface area contributed by atoms with Crippen molar-refractivity contribution in [1.29, 1.82) is 0 Å². The summed E-state index contributed by atoms with van der Waals surface area (Å²) in [6.07, 6.45) is -8.64. The van der Waals surface area contributed by atoms with Crippen LogP contribution in [0.15, 0.2) is 64.6 Å². The van der Waals surface area contributed by atoms with Crippen molar-refractivity contribution in [3.63, 3.8) is 0 Å². The molecule has 1 aliphatic heterocycles. The van der Waals surface area contributed by atoms with Gasteiger partial charge >= 0.3 is 18.0 Å². The van der Waals surface area contributed by atoms with Gasteiger partial charge in [-0.15, -0.1) is 0 Å². The van der Waals surface area contributed by atoms with Gasteiger partial charge in [-0.3, -0.25) is 9.56 Å². The second-order valence-electron chi connectivity index (χ2n) is 10.3. The maximum atomic E-state index is 13.5. The number of rotatable bonds is 9. The van der Waals surface area contributed by atoms with Crippen LogP contribution in [-0.4, -0.2) is 45.5 Å². The number of aliphatic hydroxyl groups is 1. The number of aromatic amines is 1. The molecular weight excluding hydrogens is 568 g/mol. The summed E-state index contributed by atoms with van der Waals surface area (Å²) in [7, 11) is 0. The topological polar surface area (TPSA) is 105 Å². The summed E-state index contributed by atoms with van der Waals surface area (Å²) in [5, 5.41) is 19.3. The van der Waals surface area contributed by atoms with Crippen LogP contribution in [0.1, 0.15) is 61.5 Å². The minimum absolute atomic E-state index is 0.0843. The fourth-order valence-corrected chi connectivity index (χ4v) is 5.52. The first kappa shape index (κ1) is 31.4. The van der Waals surface area contributed by atoms with E-state index in [1.54, 1.807) is 12.1 Å². The summed E-state index contributed by atoms with van der Waals surface area (Å²) in [4.78, 5) is 16.9. The molecule has 1 saturated heterocycles. The van der Waals surface area contributed by atoms with Crippen molar-refractivity contribution >= 4 is 5.71 Å². The van der Waals surface area contributed by atoms with Crippen molar-refractivity contribution in [2.45, 2.75) is 62.6 Å². The van der Waals surface area contributed by atoms with E-state index in [0.29, 0.717) is 37.1 Å². The summed E-state index contributed by atoms with van der Waals surface area (Å²) >= 11 is 0. The highest BCUT2D eigenvalue weighted by Crippen LogP contribution is 2.41. The van der Waals surface area contributed by atoms with E-state index in [1.165, 1.54) is 17.8 Å². The lowest BCUT2D eigenvalue weighted by atomic mass is 9.73. The van der Waals surface area contributed by atoms with Crippen LogP contribution in [0.25, 0.3) is 0 Å². The van der Waals surface area contributed by atoms with E-state index in [1.807, 2.05) is 25.1 Å². The van der Waals surface area contributed by atoms with Gasteiger partial charge < -0.3 is 15.2 Å². The number of benzene rings is 2. The van der Waals surface area contributed by atoms with Gasteiger partial charge in [-0.05, 0) is 55.5 Å². The van der Waals surface area contributed by atoms with Gasteiger partial charge in [0.2, 0.25) is 0 Å². The summed E-state index contributed by atoms with van der Waals surface area (Å²) in [5.41, 5.74) is -4.14. The summed E-state index contributed by atoms with van der Waals surface area (Å²) in [6.45, 7) is 2.79. The number of alkyl halides is 6. The second-order valence-corrected chi connectivity index (χ2v) is 10.3. The molecule has 3 aromatic rings. The van der Waals surface area contributed by atoms with Crippen molar-refractivity contribution in [3.8, 4) is 0 Å². The lowest BCUT2D eigenvalue weighted by molar-refractivity contribution is -0.143. The predicted molar refractivity (Wildman–Crippen MR) is 142 cm³/mol. The van der Waals surface area contributed by atoms with Crippen molar-refractivity contribution in [1.82, 2.24) is 20.1 Å². The monoisotopic (exact) mass is 599 g/mol. The van der Waals surface area contributed by atoms with E-state index >= 15 is 0 Å². The Bertz CT molecular complexity index is 1410. The third-order valence-electron chi connectivity index (χ3n) is 7.82. The molecule has 2 aromatic carbocycles. The van der Waals surface area contributed by atoms with Crippen LogP contribution in [-0.2, 0) is 28.2 Å². The second kappa shape index (κ2) is 12.0. The minimum atomic E-state index is -4.98. The number of ether oxygens (including phenoxy) is 1. The molecule has 3 N–H and O–H groups in total. The average molecular weight is 600 g/mol. The van der Waals surface area contributed by atoms with E-state index in [-0.39, 0.29) is 24.8 Å². The Morgan fingerprint density at radius 1 is 1.10 bits per heavy atom. The van der Waals surface area contributed by atoms with Crippen LogP contribution in [0.3, 0.4) is 0 Å². The average Bonchev–Trinajstić information content (AvgIpc) is 3.40. The first-order chi connectivity index (χ1) is 19.8. The van der Waals surface area contributed by atoms with Crippen LogP contribution in [0.4, 0.5) is 26.3 Å². The molecule has 0 spiro atoms. The van der Waals surface area contributed by atoms with E-state index in [4.69, 9.17) is 4.74 Å². The predicted octanol–water partition coefficient (Wildman–Crippen LogP) is 5.16. The van der Waals surface area contributed by atoms with Gasteiger partial charge in [0, 0.05) is 12.3 Å². The number of hydrogen-bond donors (Lipinski definition) is 3. The summed E-state index contributed by atoms with van der Waals surface area (Å²) in [5.74, 6) is 0. The molecule has 0 unspecified atom stereocenters. The summed E-state index contributed by atoms with van der Waals surface area (Å²) in [6, 6.07) is 10.5. The van der Waals surface area contributed by atoms with Crippen molar-refractivity contribution < 1.29 is 36.2 Å². The fourth-order valence-electron chi connectivity index (χ4n) is 5.52. The smallest absolute Gasteiger partial charge is 0.375 e. The molecule has 228 valence electrons. The molecule has 0 amide bonds. The van der Waals surface area contributed by atoms with Gasteiger partial charge in [0.05, 0.1) is 29.4 Å². The molecule has 0 aliphatic carbocycles. The lowest BCUT2D eigenvalue weighted by Gasteiger charge is -2.48. The Balaban J connectivity index is 1.68. The number of aromatic nitrogens is 3. The molecule has 14 heteroatoms. The van der Waals surface area contributed by atoms with Crippen LogP contribution < -0.4 is 11.0 Å². The summed E-state index contributed by atoms with van der Waals surface area (Å²) < 4.78 is 88.1. The van der Waals surface area contributed by atoms with Gasteiger partial charge in [-0.1, -0.05) is 37.3 Å². The Labute approximate surface area is 237 Å². The van der Waals surface area contributed by atoms with Gasteiger partial charge in [0.15, 0.2) is 0 Å². The third kappa shape index (κ3) is 6.30. The molecule has 0 radical (unpaired) electrons. The van der Waals surface area contributed by atoms with Crippen LogP contribution in [0.5, 0.6) is 0 Å². The number of H-pyrrole nitrogens is 1. The van der Waals surface area contributed by atoms with Crippen LogP contribution in [0, 0.1) is 0 Å². The van der Waals surface area contributed by atoms with E-state index < -0.39 is 53.1 Å². The minimum Gasteiger partial charge on any atom is -0.375 e. The zero-order valence-corrected chi connectivity index (χ0v) is 22.9. The van der Waals surface area contributed by atoms with Gasteiger partial charge in [0.25, 0.3) is 0 Å². The first-order valence-electron chi connectivity index (χ1n) is 13.2. The Hall–Kier alpha value is -3.49. The third-order valence-corrected chi connectivity index (χ3v) is 7.82. The zero-order chi connectivity index (χ0) is 30.8. The lowest BCUT2D eigenvalue weighted by Crippen LogP contribution is -2.63. The van der Waals surface area contributed by atoms with Gasteiger partial charge in [-0.2, -0.15) is 31.4 Å². The number of aliphatic imine (C=N–C) groups is 1. The molecule has 1 fully saturated rings. The standard InChI is InChI=1S/C28H31F6N5O3/c1-3-23(35-17-40)26(39-16-37-38-24(39)41)10-9-25(36-14-26,20-7-5-4-6-8-20)15-42-18(2)19-11-21(27(29,30)31)13-22(12-19)28(32,33)34/h4-8,11-13,16,18,36,40H,3,9-10,14-15,17H2,1-2H3,(H,38,41)/t18-,25-,26+/m1/s1. The zero-order valence-electron chi connectivity index (χ0n) is 22.9. The van der Waals surface area contributed by atoms with Crippen molar-refractivity contribution in [2.75, 3.05) is 19.9 Å². The molecule has 0 bridgehead atoms. The van der Waals surface area contributed by atoms with Gasteiger partial charge in [0.1, 0.15) is 18.6 Å². The highest BCUT2D eigenvalue weighted by molar-refractivity contribution is 5.92. The number of piperidine rings is 1. The van der Waals surface area contributed by atoms with E-state index in [0.717, 1.165) is 5.56 Å². The fraction of sp³-hybridized carbons (Fsp3) is 0.464. The highest BCUT2D eigenvalue weighted by atomic mass is 19.4. The number of nitrogens with one attached hydrogen (secondary N) is 2. The molecule has 2 heterocycles. The molecule has 1 aromatic heterocycles. The first-order valence-corrected chi connectivity index (χ1v) is 13.2. The number of hydrogen-bond acceptors (Lipinski definition) is 6. The Morgan fingerprint density at radius 2 is 1.74 bits per heavy atom. The maximum Gasteiger partial charge on any atom is 0.416 e. The highest BCUT2D eigenvalue weighted by Gasteiger charge is 2.48. The Kier molecular flexibility index (Phi) is 9.00. The molecule has 0 saturated carbocycles. The molecule has 42 heavy (non-hydrogen) atoms. The van der Waals surface area contributed by atoms with Crippen LogP contribution in [0.2, 0.25) is 0 Å². The number of nitrogens with zero attached hydrogens (tertiary/aromatic N) is 3. The molecular formula is C28H31F6N5O3. The Morgan fingerprint density at radius 3 is 2.21 bits per heavy atom. The number of halogens is 6. The SMILES string of the molecule is CCC(=NCO)[C@]1(n2cn[nH]c2=O)CC[C@@](CO[C@H](C)c2cc(C(F)(F)F)cc(C(F)(F)F)c2)(c2ccccc2)NC1. The van der Waals surface area contributed by atoms with E-state index in [9.17, 15) is 36.2 Å². The van der Waals surface area contributed by atoms with Gasteiger partial charge in [-0.25, -0.2) is 9.89 Å². The quantitative estimate of drug-likeness (QED) is 0.233. The normalized spacial score (nSPS) is 22.7. The number of aliphatic hydroxyl groups excluding tert-OH is 1. The van der Waals surface area contributed by atoms with Crippen molar-refractivity contribution in [3.05, 3.63) is 87.6 Å².